The standard InChI is InChI=1S/C59H81N9O22S2/c1-57(2,56(82)87-29-34-43(73)46(76)51(79)59(83)63-52(80)53(81)68(34)59)19-25-91-92-58(3,4)18-16-38(70)61-27-36-50-45(75)47(77)54(88-36)86-22-9-21-85-49-35(89-55(90-50)48(78)44(49)74)26-62-39(71)17-23-84-24-20-60-37(69)14-15-40(72)67-28-30-10-5-6-11-31(30)41-42(65-66-64-41)32-12-7-8-13-33(32)67/h5-8,10-13,34-36,43-51,54-55,73-79,83H,9,14-29H2,1-4H3,(H,60,69)(H,61,70)(H,62,71)(H,63,80)(H,64,65,66)/t34-,35-,36-,43-,44-,45-,46+,47-,48-,49-,50-,51+,54+,55-,59-/m1/s1/i/hT. The number of carbonyl (C=O) groups excluding carboxylic acids is 7. The van der Waals surface area contributed by atoms with Crippen molar-refractivity contribution in [3.63, 3.8) is 0 Å². The van der Waals surface area contributed by atoms with Gasteiger partial charge in [-0.25, -0.2) is 0 Å². The molecule has 31 nitrogen and oxygen atoms in total. The summed E-state index contributed by atoms with van der Waals surface area (Å²) in [7, 11) is 2.89. The van der Waals surface area contributed by atoms with Crippen LogP contribution in [-0.2, 0) is 73.3 Å². The predicted octanol–water partition coefficient (Wildman–Crippen LogP) is -2.43. The van der Waals surface area contributed by atoms with E-state index in [2.05, 4.69) is 26.3 Å². The molecule has 0 saturated carbocycles. The number of aromatic nitrogens is 3. The van der Waals surface area contributed by atoms with Crippen molar-refractivity contribution in [1.82, 2.24) is 41.6 Å². The van der Waals surface area contributed by atoms with Gasteiger partial charge in [0.2, 0.25) is 23.6 Å². The lowest BCUT2D eigenvalue weighted by Gasteiger charge is -2.49. The van der Waals surface area contributed by atoms with Crippen LogP contribution in [0.15, 0.2) is 48.5 Å². The molecule has 0 unspecified atom stereocenters. The first-order valence-electron chi connectivity index (χ1n) is 30.8. The molecule has 0 spiro atoms. The predicted molar refractivity (Wildman–Crippen MR) is 323 cm³/mol. The summed E-state index contributed by atoms with van der Waals surface area (Å²) in [6, 6.07) is 13.0. The number of aliphatic hydroxyl groups excluding tert-OH is 7. The first-order valence-corrected chi connectivity index (χ1v) is 32.7. The number of esters is 1. The molecule has 1 aromatic heterocycles. The number of fused-ring (bicyclic) bond motifs is 6. The number of H-pyrrole nitrogens is 1. The highest BCUT2D eigenvalue weighted by Crippen LogP contribution is 2.43. The minimum atomic E-state index is -2.73. The minimum absolute atomic E-state index is 0.0220. The van der Waals surface area contributed by atoms with Gasteiger partial charge in [0.25, 0.3) is 5.85 Å². The molecule has 2 aromatic carbocycles. The fourth-order valence-electron chi connectivity index (χ4n) is 11.4. The number of nitrogens with one attached hydrogen (secondary N) is 5. The molecular formula is C59H81N9O22S2. The van der Waals surface area contributed by atoms with Crippen LogP contribution in [0.5, 0.6) is 0 Å². The number of amides is 6. The third kappa shape index (κ3) is 16.2. The maximum atomic E-state index is 13.8. The van der Waals surface area contributed by atoms with E-state index in [1.807, 2.05) is 55.6 Å². The zero-order chi connectivity index (χ0) is 67.1. The van der Waals surface area contributed by atoms with Crippen LogP contribution >= 0.6 is 21.6 Å². The summed E-state index contributed by atoms with van der Waals surface area (Å²) in [6.07, 6.45) is -20.4. The Labute approximate surface area is 538 Å². The highest BCUT2D eigenvalue weighted by molar-refractivity contribution is 8.77. The number of piperidine rings is 1. The Morgan fingerprint density at radius 2 is 1.40 bits per heavy atom. The molecule has 6 amide bonds. The number of hydrogen-bond acceptors (Lipinski definition) is 26. The second kappa shape index (κ2) is 30.6. The topological polar surface area (TPSA) is 442 Å². The van der Waals surface area contributed by atoms with Crippen molar-refractivity contribution < 1.29 is 109 Å². The van der Waals surface area contributed by atoms with Crippen LogP contribution in [0.2, 0.25) is 1.41 Å². The van der Waals surface area contributed by atoms with Gasteiger partial charge in [0.15, 0.2) is 20.1 Å². The van der Waals surface area contributed by atoms with Crippen LogP contribution < -0.4 is 26.2 Å². The quantitative estimate of drug-likeness (QED) is 0.0192. The Balaban J connectivity index is 0.692. The second-order valence-corrected chi connectivity index (χ2v) is 27.5. The summed E-state index contributed by atoms with van der Waals surface area (Å²) in [4.78, 5) is 93.2. The van der Waals surface area contributed by atoms with Crippen LogP contribution in [0.25, 0.3) is 22.5 Å². The molecule has 33 heteroatoms. The third-order valence-corrected chi connectivity index (χ3v) is 20.2. The molecule has 3 aromatic rings. The first kappa shape index (κ1) is 68.9. The number of aromatic amines is 1. The number of benzene rings is 2. The van der Waals surface area contributed by atoms with E-state index in [0.717, 1.165) is 10.7 Å². The Morgan fingerprint density at radius 3 is 2.16 bits per heavy atom. The van der Waals surface area contributed by atoms with Gasteiger partial charge >= 0.3 is 17.8 Å². The highest BCUT2D eigenvalue weighted by Gasteiger charge is 2.65. The number of nitrogens with zero attached hydrogens (tertiary/aromatic N) is 4. The molecule has 8 fully saturated rings. The van der Waals surface area contributed by atoms with E-state index in [-0.39, 0.29) is 103 Å². The Hall–Kier alpha value is -5.99. The van der Waals surface area contributed by atoms with Crippen molar-refractivity contribution in [3.05, 3.63) is 54.1 Å². The van der Waals surface area contributed by atoms with Gasteiger partial charge in [0.1, 0.15) is 73.3 Å². The monoisotopic (exact) mass is 1330 g/mol. The highest BCUT2D eigenvalue weighted by atomic mass is 33.1. The zero-order valence-electron chi connectivity index (χ0n) is 52.1. The van der Waals surface area contributed by atoms with E-state index in [1.54, 1.807) is 30.9 Å². The van der Waals surface area contributed by atoms with E-state index in [9.17, 15) is 74.4 Å². The number of rotatable bonds is 24. The van der Waals surface area contributed by atoms with E-state index >= 15 is 0 Å². The molecule has 9 aliphatic heterocycles. The molecule has 13 N–H and O–H groups in total. The van der Waals surface area contributed by atoms with E-state index in [0.29, 0.717) is 45.3 Å². The van der Waals surface area contributed by atoms with Crippen LogP contribution in [0.1, 0.15) is 78.2 Å². The fraction of sp³-hybridized carbons (Fsp3) is 0.644. The van der Waals surface area contributed by atoms with Gasteiger partial charge in [0.05, 0.1) is 49.2 Å². The van der Waals surface area contributed by atoms with Crippen LogP contribution in [-0.4, -0.2) is 257 Å². The van der Waals surface area contributed by atoms with Gasteiger partial charge in [-0.15, -0.1) is 5.10 Å². The van der Waals surface area contributed by atoms with Gasteiger partial charge in [-0.05, 0) is 58.6 Å². The summed E-state index contributed by atoms with van der Waals surface area (Å²) in [5, 5.41) is 107. The van der Waals surface area contributed by atoms with E-state index < -0.39 is 138 Å². The average Bonchev–Trinajstić information content (AvgIpc) is 1.62. The molecule has 9 aliphatic rings. The number of ether oxygens (including phenoxy) is 7. The summed E-state index contributed by atoms with van der Waals surface area (Å²) in [5.74, 6) is -7.22. The molecule has 15 atom stereocenters. The Bertz CT molecular complexity index is 3170. The smallest absolute Gasteiger partial charge is 0.316 e. The lowest BCUT2D eigenvalue weighted by atomic mass is 9.89. The minimum Gasteiger partial charge on any atom is -0.463 e. The van der Waals surface area contributed by atoms with Crippen molar-refractivity contribution in [2.75, 3.05) is 63.3 Å². The summed E-state index contributed by atoms with van der Waals surface area (Å²) >= 11 is 0. The van der Waals surface area contributed by atoms with Crippen molar-refractivity contribution in [3.8, 4) is 22.5 Å². The van der Waals surface area contributed by atoms with E-state index in [1.165, 1.54) is 21.6 Å². The number of carbonyl (C=O) groups is 7. The molecular weight excluding hydrogens is 1250 g/mol. The van der Waals surface area contributed by atoms with Crippen molar-refractivity contribution in [1.29, 1.82) is 0 Å². The first-order chi connectivity index (χ1) is 44.2. The van der Waals surface area contributed by atoms with Crippen molar-refractivity contribution in [2.24, 2.45) is 5.41 Å². The van der Waals surface area contributed by atoms with Gasteiger partial charge in [-0.1, -0.05) is 69.3 Å². The largest absolute Gasteiger partial charge is 0.463 e. The Kier molecular flexibility index (Phi) is 22.9. The van der Waals surface area contributed by atoms with Crippen LogP contribution in [0.4, 0.5) is 5.69 Å². The number of para-hydroxylation sites is 1. The van der Waals surface area contributed by atoms with Gasteiger partial charge in [-0.3, -0.25) is 48.9 Å². The van der Waals surface area contributed by atoms with Crippen molar-refractivity contribution in [2.45, 2.75) is 176 Å². The average molecular weight is 1330 g/mol. The molecule has 4 bridgehead atoms. The zero-order valence-corrected chi connectivity index (χ0v) is 52.7. The SMILES string of the molecule is [3H]n1nnc2c1-c1ccccc1CN(C(=O)CCC(=O)NCCOCCC(=O)NC[C@H]1O[C@@H]3O[C@H]4[C@H](O)[C@@H](O)[C@@H](OCCCO[C@H]1[C@H](O)[C@H]3O)O[C@@H]4CNC(=O)CCC(C)(C)SSCCC(C)(C)C(=O)OC[C@@H]1[C@@H](O)[C@H](O)[C@H](O)[C@@]3(O)NC(=O)C(=O)N13)c1ccccc1-2. The maximum Gasteiger partial charge on any atom is 0.316 e. The van der Waals surface area contributed by atoms with Gasteiger partial charge < -0.3 is 94.9 Å². The molecule has 506 valence electrons. The normalized spacial score (nSPS) is 29.9. The lowest BCUT2D eigenvalue weighted by molar-refractivity contribution is -0.359. The van der Waals surface area contributed by atoms with Gasteiger partial charge in [-0.2, -0.15) is 0 Å². The number of aliphatic hydroxyl groups is 8. The van der Waals surface area contributed by atoms with Crippen LogP contribution in [0, 0.1) is 5.41 Å². The molecule has 92 heavy (non-hydrogen) atoms. The third-order valence-electron chi connectivity index (χ3n) is 16.8. The van der Waals surface area contributed by atoms with Crippen LogP contribution in [0.3, 0.4) is 0 Å². The second-order valence-electron chi connectivity index (χ2n) is 24.4. The molecule has 12 rings (SSSR count). The van der Waals surface area contributed by atoms with Gasteiger partial charge in [0, 0.05) is 73.6 Å². The Morgan fingerprint density at radius 1 is 0.750 bits per heavy atom. The molecule has 8 saturated heterocycles. The fourth-order valence-corrected chi connectivity index (χ4v) is 14.3. The number of hydrogen-bond donors (Lipinski definition) is 13. The lowest BCUT2D eigenvalue weighted by Crippen LogP contribution is -2.75. The molecule has 0 aliphatic carbocycles. The van der Waals surface area contributed by atoms with E-state index in [4.69, 9.17) is 34.6 Å². The van der Waals surface area contributed by atoms with Crippen molar-refractivity contribution >= 4 is 68.7 Å². The summed E-state index contributed by atoms with van der Waals surface area (Å²) < 4.78 is 48.9. The number of anilines is 1. The summed E-state index contributed by atoms with van der Waals surface area (Å²) in [5.41, 5.74) is 2.53. The maximum absolute atomic E-state index is 13.8. The molecule has 10 heterocycles. The molecule has 0 radical (unpaired) electrons. The summed E-state index contributed by atoms with van der Waals surface area (Å²) in [6.45, 7) is 5.99.